The number of halogens is 2. The smallest absolute Gasteiger partial charge is 0.0489 e. The monoisotopic (exact) mass is 540 g/mol. The SMILES string of the molecule is Brc1cc(-c2cccc(-c3ccccc3)c2)c2sc3c(I)cccc3c2c1. The van der Waals surface area contributed by atoms with E-state index in [1.54, 1.807) is 0 Å². The molecule has 5 aromatic rings. The van der Waals surface area contributed by atoms with E-state index in [2.05, 4.69) is 123 Å². The number of fused-ring (bicyclic) bond motifs is 3. The van der Waals surface area contributed by atoms with Gasteiger partial charge in [-0.3, -0.25) is 0 Å². The van der Waals surface area contributed by atoms with Crippen molar-refractivity contribution < 1.29 is 0 Å². The highest BCUT2D eigenvalue weighted by atomic mass is 127. The Hall–Kier alpha value is -1.69. The van der Waals surface area contributed by atoms with Crippen molar-refractivity contribution in [2.75, 3.05) is 0 Å². The van der Waals surface area contributed by atoms with E-state index in [-0.39, 0.29) is 0 Å². The molecule has 0 atom stereocenters. The van der Waals surface area contributed by atoms with Crippen LogP contribution in [0.2, 0.25) is 0 Å². The molecule has 0 amide bonds. The van der Waals surface area contributed by atoms with E-state index >= 15 is 0 Å². The van der Waals surface area contributed by atoms with Gasteiger partial charge in [-0.05, 0) is 63.5 Å². The third-order valence-electron chi connectivity index (χ3n) is 4.80. The number of hydrogen-bond acceptors (Lipinski definition) is 1. The largest absolute Gasteiger partial charge is 0.133 e. The van der Waals surface area contributed by atoms with Crippen LogP contribution in [-0.4, -0.2) is 0 Å². The van der Waals surface area contributed by atoms with Crippen LogP contribution in [0.4, 0.5) is 0 Å². The maximum Gasteiger partial charge on any atom is 0.0489 e. The normalized spacial score (nSPS) is 11.3. The molecular weight excluding hydrogens is 527 g/mol. The molecule has 1 aromatic heterocycles. The lowest BCUT2D eigenvalue weighted by molar-refractivity contribution is 1.60. The summed E-state index contributed by atoms with van der Waals surface area (Å²) >= 11 is 8.07. The van der Waals surface area contributed by atoms with Crippen molar-refractivity contribution in [1.82, 2.24) is 0 Å². The average Bonchev–Trinajstić information content (AvgIpc) is 3.08. The molecule has 0 N–H and O–H groups in total. The molecule has 0 nitrogen and oxygen atoms in total. The number of rotatable bonds is 2. The van der Waals surface area contributed by atoms with Crippen molar-refractivity contribution in [3.05, 3.63) is 93.0 Å². The Morgan fingerprint density at radius 3 is 2.22 bits per heavy atom. The summed E-state index contributed by atoms with van der Waals surface area (Å²) in [7, 11) is 0. The summed E-state index contributed by atoms with van der Waals surface area (Å²) in [5, 5.41) is 2.66. The molecule has 0 unspecified atom stereocenters. The van der Waals surface area contributed by atoms with E-state index in [1.807, 2.05) is 11.3 Å². The Balaban J connectivity index is 1.78. The summed E-state index contributed by atoms with van der Waals surface area (Å²) < 4.78 is 5.15. The Morgan fingerprint density at radius 2 is 1.37 bits per heavy atom. The standard InChI is InChI=1S/C24H14BrIS/c25-18-13-20(17-9-4-8-16(12-17)15-6-2-1-3-7-15)23-21(14-18)19-10-5-11-22(26)24(19)27-23/h1-14H. The van der Waals surface area contributed by atoms with E-state index in [0.717, 1.165) is 4.47 Å². The highest BCUT2D eigenvalue weighted by Gasteiger charge is 2.14. The molecule has 130 valence electrons. The van der Waals surface area contributed by atoms with Crippen molar-refractivity contribution in [2.24, 2.45) is 0 Å². The lowest BCUT2D eigenvalue weighted by Gasteiger charge is -2.08. The highest BCUT2D eigenvalue weighted by molar-refractivity contribution is 14.1. The molecular formula is C24H14BrIS. The maximum absolute atomic E-state index is 3.74. The Kier molecular flexibility index (Phi) is 4.54. The van der Waals surface area contributed by atoms with Gasteiger partial charge >= 0.3 is 0 Å². The van der Waals surface area contributed by atoms with Crippen LogP contribution >= 0.6 is 49.9 Å². The summed E-state index contributed by atoms with van der Waals surface area (Å²) in [6, 6.07) is 30.5. The van der Waals surface area contributed by atoms with E-state index in [9.17, 15) is 0 Å². The van der Waals surface area contributed by atoms with Gasteiger partial charge in [0.2, 0.25) is 0 Å². The van der Waals surface area contributed by atoms with Gasteiger partial charge in [0.05, 0.1) is 0 Å². The van der Waals surface area contributed by atoms with Gasteiger partial charge in [0.1, 0.15) is 0 Å². The predicted octanol–water partition coefficient (Wildman–Crippen LogP) is 8.76. The van der Waals surface area contributed by atoms with Crippen LogP contribution in [0.15, 0.2) is 89.4 Å². The Morgan fingerprint density at radius 1 is 0.630 bits per heavy atom. The molecule has 4 aromatic carbocycles. The second-order valence-electron chi connectivity index (χ2n) is 6.50. The van der Waals surface area contributed by atoms with Crippen molar-refractivity contribution in [1.29, 1.82) is 0 Å². The molecule has 5 rings (SSSR count). The van der Waals surface area contributed by atoms with E-state index in [1.165, 1.54) is 46.0 Å². The molecule has 0 aliphatic rings. The quantitative estimate of drug-likeness (QED) is 0.196. The van der Waals surface area contributed by atoms with Crippen molar-refractivity contribution in [3.8, 4) is 22.3 Å². The van der Waals surface area contributed by atoms with Gasteiger partial charge in [-0.2, -0.15) is 0 Å². The van der Waals surface area contributed by atoms with Crippen LogP contribution in [0.1, 0.15) is 0 Å². The molecule has 1 heterocycles. The topological polar surface area (TPSA) is 0 Å². The number of benzene rings is 4. The van der Waals surface area contributed by atoms with Crippen molar-refractivity contribution in [3.63, 3.8) is 0 Å². The van der Waals surface area contributed by atoms with Crippen molar-refractivity contribution >= 4 is 70.0 Å². The molecule has 27 heavy (non-hydrogen) atoms. The molecule has 0 bridgehead atoms. The molecule has 3 heteroatoms. The minimum atomic E-state index is 1.12. The first-order valence-corrected chi connectivity index (χ1v) is 11.4. The minimum Gasteiger partial charge on any atom is -0.133 e. The summed E-state index contributed by atoms with van der Waals surface area (Å²) in [5.74, 6) is 0. The zero-order valence-corrected chi connectivity index (χ0v) is 18.8. The van der Waals surface area contributed by atoms with Gasteiger partial charge in [0, 0.05) is 33.8 Å². The van der Waals surface area contributed by atoms with E-state index in [4.69, 9.17) is 0 Å². The summed E-state index contributed by atoms with van der Waals surface area (Å²) in [6.07, 6.45) is 0. The van der Waals surface area contributed by atoms with Gasteiger partial charge in [-0.15, -0.1) is 11.3 Å². The first-order chi connectivity index (χ1) is 13.2. The fourth-order valence-corrected chi connectivity index (χ4v) is 6.05. The van der Waals surface area contributed by atoms with Crippen LogP contribution in [0.25, 0.3) is 42.4 Å². The van der Waals surface area contributed by atoms with Crippen LogP contribution in [-0.2, 0) is 0 Å². The summed E-state index contributed by atoms with van der Waals surface area (Å²) in [5.41, 5.74) is 5.03. The maximum atomic E-state index is 3.74. The summed E-state index contributed by atoms with van der Waals surface area (Å²) in [4.78, 5) is 0. The molecule has 0 spiro atoms. The molecule has 0 aliphatic heterocycles. The van der Waals surface area contributed by atoms with Gasteiger partial charge < -0.3 is 0 Å². The molecule has 0 fully saturated rings. The number of thiophene rings is 1. The second kappa shape index (κ2) is 7.04. The Bertz CT molecular complexity index is 1290. The second-order valence-corrected chi connectivity index (χ2v) is 9.59. The fourth-order valence-electron chi connectivity index (χ4n) is 3.54. The van der Waals surface area contributed by atoms with Gasteiger partial charge in [0.25, 0.3) is 0 Å². The van der Waals surface area contributed by atoms with Crippen LogP contribution in [0, 0.1) is 3.57 Å². The van der Waals surface area contributed by atoms with Gasteiger partial charge in [-0.1, -0.05) is 76.6 Å². The average molecular weight is 541 g/mol. The van der Waals surface area contributed by atoms with Crippen LogP contribution in [0.5, 0.6) is 0 Å². The third kappa shape index (κ3) is 3.12. The zero-order chi connectivity index (χ0) is 18.4. The van der Waals surface area contributed by atoms with Crippen molar-refractivity contribution in [2.45, 2.75) is 0 Å². The van der Waals surface area contributed by atoms with Gasteiger partial charge in [-0.25, -0.2) is 0 Å². The lowest BCUT2D eigenvalue weighted by atomic mass is 9.98. The van der Waals surface area contributed by atoms with E-state index in [0.29, 0.717) is 0 Å². The first kappa shape index (κ1) is 17.4. The molecule has 0 aliphatic carbocycles. The Labute approximate surface area is 184 Å². The summed E-state index contributed by atoms with van der Waals surface area (Å²) in [6.45, 7) is 0. The zero-order valence-electron chi connectivity index (χ0n) is 14.2. The fraction of sp³-hybridized carbons (Fsp3) is 0. The molecule has 0 saturated heterocycles. The molecule has 0 radical (unpaired) electrons. The highest BCUT2D eigenvalue weighted by Crippen LogP contribution is 2.43. The number of hydrogen-bond donors (Lipinski definition) is 0. The minimum absolute atomic E-state index is 1.12. The van der Waals surface area contributed by atoms with Crippen LogP contribution in [0.3, 0.4) is 0 Å². The third-order valence-corrected chi connectivity index (χ3v) is 7.81. The molecule has 0 saturated carbocycles. The lowest BCUT2D eigenvalue weighted by Crippen LogP contribution is -1.82. The first-order valence-electron chi connectivity index (χ1n) is 8.67. The van der Waals surface area contributed by atoms with Crippen LogP contribution < -0.4 is 0 Å². The predicted molar refractivity (Wildman–Crippen MR) is 131 cm³/mol. The van der Waals surface area contributed by atoms with E-state index < -0.39 is 0 Å². The van der Waals surface area contributed by atoms with Gasteiger partial charge in [0.15, 0.2) is 0 Å².